The predicted octanol–water partition coefficient (Wildman–Crippen LogP) is 2.00. The molecular weight excluding hydrogens is 306 g/mol. The Kier molecular flexibility index (Phi) is 6.10. The highest BCUT2D eigenvalue weighted by molar-refractivity contribution is 5.21. The number of alkyl halides is 2. The smallest absolute Gasteiger partial charge is 0.299 e. The first-order valence-corrected chi connectivity index (χ1v) is 7.65. The Bertz CT molecular complexity index is 507. The van der Waals surface area contributed by atoms with Gasteiger partial charge < -0.3 is 20.1 Å². The van der Waals surface area contributed by atoms with Gasteiger partial charge in [0.25, 0.3) is 5.92 Å². The first kappa shape index (κ1) is 17.8. The van der Waals surface area contributed by atoms with Crippen molar-refractivity contribution in [1.82, 2.24) is 0 Å². The van der Waals surface area contributed by atoms with Crippen molar-refractivity contribution >= 4 is 0 Å². The van der Waals surface area contributed by atoms with Crippen molar-refractivity contribution in [2.75, 3.05) is 13.2 Å². The molecule has 1 aliphatic carbocycles. The van der Waals surface area contributed by atoms with Crippen LogP contribution in [-0.4, -0.2) is 46.7 Å². The number of ether oxygens (including phenoxy) is 1. The molecule has 0 saturated heterocycles. The van der Waals surface area contributed by atoms with Gasteiger partial charge in [-0.1, -0.05) is 24.3 Å². The highest BCUT2D eigenvalue weighted by Crippen LogP contribution is 2.36. The van der Waals surface area contributed by atoms with E-state index in [0.29, 0.717) is 11.8 Å². The Balaban J connectivity index is 1.96. The molecule has 4 atom stereocenters. The van der Waals surface area contributed by atoms with Crippen LogP contribution in [0.1, 0.15) is 12.8 Å². The van der Waals surface area contributed by atoms with Gasteiger partial charge in [-0.05, 0) is 30.5 Å². The number of aliphatic hydroxyl groups is 3. The third kappa shape index (κ3) is 4.99. The molecule has 0 aliphatic heterocycles. The summed E-state index contributed by atoms with van der Waals surface area (Å²) < 4.78 is 32.8. The number of rotatable bonds is 7. The van der Waals surface area contributed by atoms with Crippen LogP contribution in [0.4, 0.5) is 8.78 Å². The van der Waals surface area contributed by atoms with E-state index in [4.69, 9.17) is 9.84 Å². The second kappa shape index (κ2) is 7.86. The Hall–Kier alpha value is -1.50. The second-order valence-electron chi connectivity index (χ2n) is 5.85. The molecule has 0 heterocycles. The summed E-state index contributed by atoms with van der Waals surface area (Å²) in [6.07, 6.45) is 0.664. The van der Waals surface area contributed by atoms with E-state index in [1.54, 1.807) is 30.3 Å². The molecule has 0 radical (unpaired) electrons. The average molecular weight is 328 g/mol. The van der Waals surface area contributed by atoms with Crippen molar-refractivity contribution in [1.29, 1.82) is 0 Å². The van der Waals surface area contributed by atoms with Crippen LogP contribution in [0.2, 0.25) is 0 Å². The zero-order valence-electron chi connectivity index (χ0n) is 12.7. The molecule has 1 aromatic rings. The lowest BCUT2D eigenvalue weighted by molar-refractivity contribution is 0.00395. The van der Waals surface area contributed by atoms with Crippen molar-refractivity contribution in [2.24, 2.45) is 11.8 Å². The van der Waals surface area contributed by atoms with E-state index < -0.39 is 36.6 Å². The number of aliphatic hydroxyl groups excluding tert-OH is 3. The van der Waals surface area contributed by atoms with Gasteiger partial charge >= 0.3 is 0 Å². The van der Waals surface area contributed by atoms with E-state index in [2.05, 4.69) is 0 Å². The zero-order valence-corrected chi connectivity index (χ0v) is 12.7. The van der Waals surface area contributed by atoms with Crippen molar-refractivity contribution in [3.63, 3.8) is 0 Å². The van der Waals surface area contributed by atoms with E-state index in [0.717, 1.165) is 0 Å². The predicted molar refractivity (Wildman–Crippen MR) is 81.3 cm³/mol. The number of para-hydroxylation sites is 1. The molecule has 6 heteroatoms. The minimum absolute atomic E-state index is 0.131. The van der Waals surface area contributed by atoms with Gasteiger partial charge in [0.15, 0.2) is 6.61 Å². The number of benzene rings is 1. The Morgan fingerprint density at radius 2 is 1.87 bits per heavy atom. The lowest BCUT2D eigenvalue weighted by atomic mass is 9.90. The van der Waals surface area contributed by atoms with Crippen LogP contribution in [0.5, 0.6) is 5.75 Å². The van der Waals surface area contributed by atoms with Crippen LogP contribution >= 0.6 is 0 Å². The molecule has 0 aromatic heterocycles. The van der Waals surface area contributed by atoms with Gasteiger partial charge in [0.05, 0.1) is 12.2 Å². The molecule has 128 valence electrons. The molecule has 4 nitrogen and oxygen atoms in total. The maximum absolute atomic E-state index is 13.9. The van der Waals surface area contributed by atoms with Gasteiger partial charge in [-0.25, -0.2) is 0 Å². The number of halogens is 2. The molecule has 1 fully saturated rings. The summed E-state index contributed by atoms with van der Waals surface area (Å²) >= 11 is 0. The summed E-state index contributed by atoms with van der Waals surface area (Å²) in [4.78, 5) is 0. The largest absolute Gasteiger partial charge is 0.487 e. The van der Waals surface area contributed by atoms with Crippen LogP contribution < -0.4 is 4.74 Å². The summed E-state index contributed by atoms with van der Waals surface area (Å²) in [5.41, 5.74) is 0. The molecule has 0 amide bonds. The molecule has 1 saturated carbocycles. The molecular formula is C17H22F2O4. The van der Waals surface area contributed by atoms with Crippen molar-refractivity contribution in [2.45, 2.75) is 31.0 Å². The lowest BCUT2D eigenvalue weighted by Crippen LogP contribution is -2.25. The van der Waals surface area contributed by atoms with Crippen LogP contribution in [0.3, 0.4) is 0 Å². The molecule has 23 heavy (non-hydrogen) atoms. The second-order valence-corrected chi connectivity index (χ2v) is 5.85. The molecule has 2 rings (SSSR count). The average Bonchev–Trinajstić information content (AvgIpc) is 2.79. The topological polar surface area (TPSA) is 69.9 Å². The Morgan fingerprint density at radius 3 is 2.52 bits per heavy atom. The van der Waals surface area contributed by atoms with Crippen LogP contribution in [0, 0.1) is 11.8 Å². The van der Waals surface area contributed by atoms with Gasteiger partial charge in [-0.2, -0.15) is 8.78 Å². The van der Waals surface area contributed by atoms with Crippen molar-refractivity contribution in [3.8, 4) is 5.75 Å². The highest BCUT2D eigenvalue weighted by Gasteiger charge is 2.40. The minimum atomic E-state index is -3.19. The van der Waals surface area contributed by atoms with Crippen molar-refractivity contribution in [3.05, 3.63) is 42.5 Å². The standard InChI is InChI=1S/C17H22F2O4/c18-17(19,11-23-12-4-2-1-3-5-12)8-6-13-14(7-9-20)16(22)10-15(13)21/h1-6,8,13-16,20-22H,7,9-11H2/b8-6+/t13-,14-,15-,16+/m1/s1. The van der Waals surface area contributed by atoms with Gasteiger partial charge in [0.2, 0.25) is 0 Å². The Labute approximate surface area is 134 Å². The van der Waals surface area contributed by atoms with Gasteiger partial charge in [0.1, 0.15) is 5.75 Å². The molecule has 1 aromatic carbocycles. The molecule has 1 aliphatic rings. The summed E-state index contributed by atoms with van der Waals surface area (Å²) in [5.74, 6) is -3.85. The maximum atomic E-state index is 13.9. The normalized spacial score (nSPS) is 28.4. The van der Waals surface area contributed by atoms with E-state index in [1.165, 1.54) is 6.08 Å². The van der Waals surface area contributed by atoms with Gasteiger partial charge in [0, 0.05) is 18.9 Å². The van der Waals surface area contributed by atoms with E-state index in [1.807, 2.05) is 0 Å². The monoisotopic (exact) mass is 328 g/mol. The highest BCUT2D eigenvalue weighted by atomic mass is 19.3. The summed E-state index contributed by atoms with van der Waals surface area (Å²) in [5, 5.41) is 28.7. The third-order valence-electron chi connectivity index (χ3n) is 4.12. The minimum Gasteiger partial charge on any atom is -0.487 e. The molecule has 3 N–H and O–H groups in total. The SMILES string of the molecule is OCC[C@@H]1[C@@H](/C=C/C(F)(F)COc2ccccc2)[C@H](O)C[C@@H]1O. The van der Waals surface area contributed by atoms with E-state index >= 15 is 0 Å². The fraction of sp³-hybridized carbons (Fsp3) is 0.529. The van der Waals surface area contributed by atoms with E-state index in [-0.39, 0.29) is 19.4 Å². The van der Waals surface area contributed by atoms with Crippen LogP contribution in [0.15, 0.2) is 42.5 Å². The Morgan fingerprint density at radius 1 is 1.17 bits per heavy atom. The fourth-order valence-corrected chi connectivity index (χ4v) is 2.92. The van der Waals surface area contributed by atoms with Crippen molar-refractivity contribution < 1.29 is 28.8 Å². The van der Waals surface area contributed by atoms with Crippen LogP contribution in [0.25, 0.3) is 0 Å². The fourth-order valence-electron chi connectivity index (χ4n) is 2.92. The summed E-state index contributed by atoms with van der Waals surface area (Å²) in [6, 6.07) is 8.33. The van der Waals surface area contributed by atoms with Crippen LogP contribution in [-0.2, 0) is 0 Å². The molecule has 0 spiro atoms. The summed E-state index contributed by atoms with van der Waals surface area (Å²) in [7, 11) is 0. The first-order chi connectivity index (χ1) is 10.9. The van der Waals surface area contributed by atoms with Gasteiger partial charge in [-0.3, -0.25) is 0 Å². The quantitative estimate of drug-likeness (QED) is 0.670. The summed E-state index contributed by atoms with van der Waals surface area (Å²) in [6.45, 7) is -0.962. The number of hydrogen-bond donors (Lipinski definition) is 3. The molecule has 0 bridgehead atoms. The lowest BCUT2D eigenvalue weighted by Gasteiger charge is -2.20. The third-order valence-corrected chi connectivity index (χ3v) is 4.12. The van der Waals surface area contributed by atoms with Gasteiger partial charge in [-0.15, -0.1) is 0 Å². The number of hydrogen-bond acceptors (Lipinski definition) is 4. The van der Waals surface area contributed by atoms with E-state index in [9.17, 15) is 19.0 Å². The molecule has 0 unspecified atom stereocenters. The zero-order chi connectivity index (χ0) is 16.9. The first-order valence-electron chi connectivity index (χ1n) is 7.65. The maximum Gasteiger partial charge on any atom is 0.299 e.